The van der Waals surface area contributed by atoms with E-state index in [-0.39, 0.29) is 11.4 Å². The molecule has 1 aromatic rings. The van der Waals surface area contributed by atoms with Crippen LogP contribution in [-0.4, -0.2) is 53.3 Å². The van der Waals surface area contributed by atoms with Crippen LogP contribution in [0.3, 0.4) is 0 Å². The molecule has 4 nitrogen and oxygen atoms in total. The number of hydrogen-bond donors (Lipinski definition) is 0. The summed E-state index contributed by atoms with van der Waals surface area (Å²) >= 11 is 0. The van der Waals surface area contributed by atoms with Crippen molar-refractivity contribution in [2.24, 2.45) is 4.99 Å². The lowest BCUT2D eigenvalue weighted by Gasteiger charge is -2.48. The highest BCUT2D eigenvalue weighted by molar-refractivity contribution is 5.98. The Labute approximate surface area is 150 Å². The maximum absolute atomic E-state index is 12.4. The molecule has 1 saturated carbocycles. The van der Waals surface area contributed by atoms with Crippen molar-refractivity contribution in [2.45, 2.75) is 62.9 Å². The zero-order chi connectivity index (χ0) is 17.3. The first-order valence-corrected chi connectivity index (χ1v) is 9.89. The van der Waals surface area contributed by atoms with Crippen LogP contribution in [0.1, 0.15) is 56.9 Å². The topological polar surface area (TPSA) is 35.9 Å². The third-order valence-corrected chi connectivity index (χ3v) is 6.65. The van der Waals surface area contributed by atoms with E-state index in [2.05, 4.69) is 52.0 Å². The Kier molecular flexibility index (Phi) is 4.63. The summed E-state index contributed by atoms with van der Waals surface area (Å²) < 4.78 is 0. The Morgan fingerprint density at radius 2 is 1.84 bits per heavy atom. The number of likely N-dealkylation sites (N-methyl/N-ethyl adjacent to an activating group) is 1. The molecule has 2 fully saturated rings. The molecule has 0 N–H and O–H groups in total. The summed E-state index contributed by atoms with van der Waals surface area (Å²) in [5.41, 5.74) is 1.14. The maximum Gasteiger partial charge on any atom is 0.273 e. The third-order valence-electron chi connectivity index (χ3n) is 6.65. The molecule has 1 amide bonds. The molecule has 0 aromatic heterocycles. The largest absolute Gasteiger partial charge is 0.348 e. The predicted molar refractivity (Wildman–Crippen MR) is 101 cm³/mol. The fraction of sp³-hybridized carbons (Fsp3) is 0.619. The fourth-order valence-electron chi connectivity index (χ4n) is 5.22. The Morgan fingerprint density at radius 3 is 2.56 bits per heavy atom. The Bertz CT molecular complexity index is 634. The van der Waals surface area contributed by atoms with Gasteiger partial charge in [-0.3, -0.25) is 9.69 Å². The molecule has 4 rings (SSSR count). The second kappa shape index (κ2) is 6.91. The van der Waals surface area contributed by atoms with Crippen LogP contribution in [0.5, 0.6) is 0 Å². The van der Waals surface area contributed by atoms with Gasteiger partial charge in [-0.05, 0) is 44.1 Å². The first kappa shape index (κ1) is 16.8. The molecule has 2 heterocycles. The van der Waals surface area contributed by atoms with Crippen molar-refractivity contribution in [1.82, 2.24) is 9.80 Å². The smallest absolute Gasteiger partial charge is 0.273 e. The summed E-state index contributed by atoms with van der Waals surface area (Å²) in [5, 5.41) is 0. The highest BCUT2D eigenvalue weighted by Gasteiger charge is 2.49. The van der Waals surface area contributed by atoms with E-state index in [9.17, 15) is 4.79 Å². The Hall–Kier alpha value is -1.68. The summed E-state index contributed by atoms with van der Waals surface area (Å²) in [6.45, 7) is 5.01. The van der Waals surface area contributed by atoms with E-state index < -0.39 is 0 Å². The molecular formula is C21H29N3O. The van der Waals surface area contributed by atoms with Gasteiger partial charge in [0.25, 0.3) is 5.91 Å². The SMILES string of the molecule is CCN1C=NC(=O)C12CCN([C@H]1CCCC[C@H]1c1ccccc1)CC2. The molecule has 1 spiro atoms. The zero-order valence-corrected chi connectivity index (χ0v) is 15.2. The Balaban J connectivity index is 1.48. The van der Waals surface area contributed by atoms with Gasteiger partial charge in [-0.15, -0.1) is 0 Å². The van der Waals surface area contributed by atoms with Crippen LogP contribution in [0, 0.1) is 0 Å². The average Bonchev–Trinajstić information content (AvgIpc) is 2.98. The number of aliphatic imine (C=N–C) groups is 1. The van der Waals surface area contributed by atoms with Crippen molar-refractivity contribution in [3.63, 3.8) is 0 Å². The summed E-state index contributed by atoms with van der Waals surface area (Å²) in [7, 11) is 0. The molecule has 25 heavy (non-hydrogen) atoms. The number of likely N-dealkylation sites (tertiary alicyclic amines) is 1. The van der Waals surface area contributed by atoms with Gasteiger partial charge in [0.2, 0.25) is 0 Å². The normalized spacial score (nSPS) is 29.5. The number of hydrogen-bond acceptors (Lipinski definition) is 3. The van der Waals surface area contributed by atoms with Crippen LogP contribution < -0.4 is 0 Å². The molecular weight excluding hydrogens is 310 g/mol. The number of carbonyl (C=O) groups excluding carboxylic acids is 1. The van der Waals surface area contributed by atoms with E-state index in [1.807, 2.05) is 0 Å². The van der Waals surface area contributed by atoms with Gasteiger partial charge in [0.1, 0.15) is 5.54 Å². The molecule has 0 unspecified atom stereocenters. The van der Waals surface area contributed by atoms with Gasteiger partial charge < -0.3 is 4.90 Å². The van der Waals surface area contributed by atoms with Gasteiger partial charge in [0.05, 0.1) is 6.34 Å². The van der Waals surface area contributed by atoms with E-state index in [0.717, 1.165) is 32.5 Å². The lowest BCUT2D eigenvalue weighted by Crippen LogP contribution is -2.58. The summed E-state index contributed by atoms with van der Waals surface area (Å²) in [5.74, 6) is 0.721. The van der Waals surface area contributed by atoms with Crippen molar-refractivity contribution in [3.8, 4) is 0 Å². The van der Waals surface area contributed by atoms with Crippen molar-refractivity contribution >= 4 is 12.2 Å². The minimum absolute atomic E-state index is 0.0808. The maximum atomic E-state index is 12.4. The standard InChI is InChI=1S/C21H29N3O/c1-2-24-16-22-20(25)21(24)12-14-23(15-13-21)19-11-7-6-10-18(19)17-8-4-3-5-9-17/h3-5,8-9,16,18-19H,2,6-7,10-15H2,1H3/t18-,19-/m0/s1. The number of amides is 1. The number of benzene rings is 1. The summed E-state index contributed by atoms with van der Waals surface area (Å²) in [6.07, 6.45) is 8.84. The summed E-state index contributed by atoms with van der Waals surface area (Å²) in [6, 6.07) is 11.7. The van der Waals surface area contributed by atoms with E-state index in [1.165, 1.54) is 31.2 Å². The molecule has 1 aromatic carbocycles. The monoisotopic (exact) mass is 339 g/mol. The van der Waals surface area contributed by atoms with Gasteiger partial charge in [-0.25, -0.2) is 4.99 Å². The highest BCUT2D eigenvalue weighted by atomic mass is 16.2. The number of piperidine rings is 1. The van der Waals surface area contributed by atoms with Gasteiger partial charge in [-0.1, -0.05) is 43.2 Å². The van der Waals surface area contributed by atoms with Gasteiger partial charge >= 0.3 is 0 Å². The van der Waals surface area contributed by atoms with E-state index >= 15 is 0 Å². The lowest BCUT2D eigenvalue weighted by molar-refractivity contribution is -0.128. The lowest BCUT2D eigenvalue weighted by atomic mass is 9.77. The first-order chi connectivity index (χ1) is 12.2. The second-order valence-electron chi connectivity index (χ2n) is 7.77. The molecule has 1 saturated heterocycles. The van der Waals surface area contributed by atoms with Crippen molar-refractivity contribution in [2.75, 3.05) is 19.6 Å². The van der Waals surface area contributed by atoms with Crippen molar-refractivity contribution < 1.29 is 4.79 Å². The number of rotatable bonds is 3. The van der Waals surface area contributed by atoms with Crippen LogP contribution in [0.2, 0.25) is 0 Å². The van der Waals surface area contributed by atoms with Gasteiger partial charge in [0.15, 0.2) is 0 Å². The first-order valence-electron chi connectivity index (χ1n) is 9.89. The van der Waals surface area contributed by atoms with Crippen LogP contribution in [0.15, 0.2) is 35.3 Å². The highest BCUT2D eigenvalue weighted by Crippen LogP contribution is 2.40. The zero-order valence-electron chi connectivity index (χ0n) is 15.2. The van der Waals surface area contributed by atoms with Gasteiger partial charge in [-0.2, -0.15) is 0 Å². The molecule has 3 aliphatic rings. The van der Waals surface area contributed by atoms with E-state index in [0.29, 0.717) is 12.0 Å². The predicted octanol–water partition coefficient (Wildman–Crippen LogP) is 3.44. The quantitative estimate of drug-likeness (QED) is 0.846. The number of carbonyl (C=O) groups is 1. The fourth-order valence-corrected chi connectivity index (χ4v) is 5.22. The van der Waals surface area contributed by atoms with Crippen LogP contribution >= 0.6 is 0 Å². The number of nitrogens with zero attached hydrogens (tertiary/aromatic N) is 3. The molecule has 2 aliphatic heterocycles. The molecule has 0 radical (unpaired) electrons. The minimum atomic E-state index is -0.345. The second-order valence-corrected chi connectivity index (χ2v) is 7.77. The molecule has 2 atom stereocenters. The van der Waals surface area contributed by atoms with Crippen molar-refractivity contribution in [1.29, 1.82) is 0 Å². The van der Waals surface area contributed by atoms with E-state index in [1.54, 1.807) is 6.34 Å². The van der Waals surface area contributed by atoms with Gasteiger partial charge in [0, 0.05) is 25.7 Å². The molecule has 1 aliphatic carbocycles. The average molecular weight is 339 g/mol. The molecule has 134 valence electrons. The Morgan fingerprint density at radius 1 is 1.12 bits per heavy atom. The van der Waals surface area contributed by atoms with Crippen LogP contribution in [-0.2, 0) is 4.79 Å². The third kappa shape index (κ3) is 2.91. The van der Waals surface area contributed by atoms with Crippen LogP contribution in [0.25, 0.3) is 0 Å². The molecule has 0 bridgehead atoms. The molecule has 4 heteroatoms. The van der Waals surface area contributed by atoms with Crippen LogP contribution in [0.4, 0.5) is 0 Å². The van der Waals surface area contributed by atoms with Crippen molar-refractivity contribution in [3.05, 3.63) is 35.9 Å². The van der Waals surface area contributed by atoms with E-state index in [4.69, 9.17) is 0 Å². The summed E-state index contributed by atoms with van der Waals surface area (Å²) in [4.78, 5) is 21.4. The minimum Gasteiger partial charge on any atom is -0.348 e.